The number of aliphatic hydroxyl groups is 1. The SMILES string of the molecule is CCCCCC(=O)NCCCCCO. The first-order valence-corrected chi connectivity index (χ1v) is 5.68. The van der Waals surface area contributed by atoms with Gasteiger partial charge in [-0.1, -0.05) is 19.8 Å². The van der Waals surface area contributed by atoms with Gasteiger partial charge in [0.05, 0.1) is 0 Å². The molecular weight excluding hydrogens is 178 g/mol. The third-order valence-corrected chi connectivity index (χ3v) is 2.16. The lowest BCUT2D eigenvalue weighted by atomic mass is 10.2. The molecule has 14 heavy (non-hydrogen) atoms. The van der Waals surface area contributed by atoms with Crippen molar-refractivity contribution in [3.8, 4) is 0 Å². The van der Waals surface area contributed by atoms with Gasteiger partial charge in [0.1, 0.15) is 0 Å². The largest absolute Gasteiger partial charge is 0.396 e. The number of carbonyl (C=O) groups is 1. The van der Waals surface area contributed by atoms with Crippen molar-refractivity contribution in [1.82, 2.24) is 5.32 Å². The van der Waals surface area contributed by atoms with Crippen molar-refractivity contribution in [1.29, 1.82) is 0 Å². The molecule has 0 spiro atoms. The number of hydrogen-bond donors (Lipinski definition) is 2. The molecule has 0 bridgehead atoms. The highest BCUT2D eigenvalue weighted by molar-refractivity contribution is 5.75. The van der Waals surface area contributed by atoms with Crippen LogP contribution in [0.5, 0.6) is 0 Å². The van der Waals surface area contributed by atoms with Crippen molar-refractivity contribution in [2.24, 2.45) is 0 Å². The Labute approximate surface area is 86.9 Å². The van der Waals surface area contributed by atoms with Crippen LogP contribution < -0.4 is 5.32 Å². The topological polar surface area (TPSA) is 49.3 Å². The van der Waals surface area contributed by atoms with Crippen LogP contribution >= 0.6 is 0 Å². The molecule has 0 heterocycles. The van der Waals surface area contributed by atoms with Gasteiger partial charge in [-0.3, -0.25) is 4.79 Å². The predicted octanol–water partition coefficient (Wildman–Crippen LogP) is 1.85. The zero-order valence-electron chi connectivity index (χ0n) is 9.22. The summed E-state index contributed by atoms with van der Waals surface area (Å²) in [6, 6.07) is 0. The van der Waals surface area contributed by atoms with E-state index in [1.54, 1.807) is 0 Å². The fourth-order valence-electron chi connectivity index (χ4n) is 1.27. The van der Waals surface area contributed by atoms with Gasteiger partial charge in [-0.2, -0.15) is 0 Å². The molecule has 0 saturated carbocycles. The van der Waals surface area contributed by atoms with Crippen molar-refractivity contribution >= 4 is 5.91 Å². The molecule has 0 radical (unpaired) electrons. The van der Waals surface area contributed by atoms with Crippen molar-refractivity contribution in [2.75, 3.05) is 13.2 Å². The molecule has 84 valence electrons. The van der Waals surface area contributed by atoms with E-state index < -0.39 is 0 Å². The van der Waals surface area contributed by atoms with Gasteiger partial charge >= 0.3 is 0 Å². The molecule has 2 N–H and O–H groups in total. The minimum atomic E-state index is 0.169. The maximum absolute atomic E-state index is 11.2. The number of carbonyl (C=O) groups excluding carboxylic acids is 1. The lowest BCUT2D eigenvalue weighted by Gasteiger charge is -2.04. The number of nitrogens with one attached hydrogen (secondary N) is 1. The van der Waals surface area contributed by atoms with Crippen molar-refractivity contribution in [3.05, 3.63) is 0 Å². The maximum atomic E-state index is 11.2. The Bertz CT molecular complexity index is 137. The number of rotatable bonds is 9. The third-order valence-electron chi connectivity index (χ3n) is 2.16. The first kappa shape index (κ1) is 13.4. The van der Waals surface area contributed by atoms with Crippen molar-refractivity contribution < 1.29 is 9.90 Å². The van der Waals surface area contributed by atoms with Crippen LogP contribution in [-0.4, -0.2) is 24.2 Å². The fourth-order valence-corrected chi connectivity index (χ4v) is 1.27. The average Bonchev–Trinajstić information content (AvgIpc) is 2.18. The fraction of sp³-hybridized carbons (Fsp3) is 0.909. The Morgan fingerprint density at radius 2 is 1.93 bits per heavy atom. The van der Waals surface area contributed by atoms with Gasteiger partial charge in [0.2, 0.25) is 5.91 Å². The first-order valence-electron chi connectivity index (χ1n) is 5.68. The van der Waals surface area contributed by atoms with E-state index in [-0.39, 0.29) is 12.5 Å². The summed E-state index contributed by atoms with van der Waals surface area (Å²) in [5.41, 5.74) is 0. The van der Waals surface area contributed by atoms with Crippen LogP contribution in [0.25, 0.3) is 0 Å². The van der Waals surface area contributed by atoms with E-state index in [0.29, 0.717) is 6.42 Å². The van der Waals surface area contributed by atoms with Gasteiger partial charge in [-0.25, -0.2) is 0 Å². The van der Waals surface area contributed by atoms with Gasteiger partial charge in [0, 0.05) is 19.6 Å². The molecule has 3 heteroatoms. The number of unbranched alkanes of at least 4 members (excludes halogenated alkanes) is 4. The second-order valence-corrected chi connectivity index (χ2v) is 3.59. The summed E-state index contributed by atoms with van der Waals surface area (Å²) >= 11 is 0. The van der Waals surface area contributed by atoms with Crippen molar-refractivity contribution in [3.63, 3.8) is 0 Å². The summed E-state index contributed by atoms with van der Waals surface area (Å²) in [6.07, 6.45) is 6.76. The maximum Gasteiger partial charge on any atom is 0.219 e. The van der Waals surface area contributed by atoms with Crippen LogP contribution in [0.15, 0.2) is 0 Å². The van der Waals surface area contributed by atoms with Crippen LogP contribution in [0.4, 0.5) is 0 Å². The molecule has 0 rings (SSSR count). The van der Waals surface area contributed by atoms with E-state index in [0.717, 1.165) is 45.1 Å². The lowest BCUT2D eigenvalue weighted by Crippen LogP contribution is -2.23. The third kappa shape index (κ3) is 9.52. The number of hydrogen-bond acceptors (Lipinski definition) is 2. The molecule has 0 aliphatic heterocycles. The minimum absolute atomic E-state index is 0.169. The zero-order chi connectivity index (χ0) is 10.6. The molecule has 3 nitrogen and oxygen atoms in total. The highest BCUT2D eigenvalue weighted by atomic mass is 16.2. The molecule has 1 amide bonds. The normalized spacial score (nSPS) is 10.1. The Kier molecular flexibility index (Phi) is 10.1. The summed E-state index contributed by atoms with van der Waals surface area (Å²) in [7, 11) is 0. The summed E-state index contributed by atoms with van der Waals surface area (Å²) in [5, 5.41) is 11.4. The van der Waals surface area contributed by atoms with E-state index in [4.69, 9.17) is 5.11 Å². The Hall–Kier alpha value is -0.570. The van der Waals surface area contributed by atoms with Gasteiger partial charge in [0.25, 0.3) is 0 Å². The molecule has 0 aliphatic carbocycles. The van der Waals surface area contributed by atoms with Crippen LogP contribution in [-0.2, 0) is 4.79 Å². The predicted molar refractivity (Wildman–Crippen MR) is 58.1 cm³/mol. The minimum Gasteiger partial charge on any atom is -0.396 e. The van der Waals surface area contributed by atoms with Crippen LogP contribution in [0, 0.1) is 0 Å². The highest BCUT2D eigenvalue weighted by Crippen LogP contribution is 1.98. The Morgan fingerprint density at radius 1 is 1.14 bits per heavy atom. The van der Waals surface area contributed by atoms with Gasteiger partial charge in [0.15, 0.2) is 0 Å². The standard InChI is InChI=1S/C11H23NO2/c1-2-3-5-8-11(14)12-9-6-4-7-10-13/h13H,2-10H2,1H3,(H,12,14). The zero-order valence-corrected chi connectivity index (χ0v) is 9.22. The van der Waals surface area contributed by atoms with E-state index in [9.17, 15) is 4.79 Å². The summed E-state index contributed by atoms with van der Waals surface area (Å²) in [4.78, 5) is 11.2. The highest BCUT2D eigenvalue weighted by Gasteiger charge is 1.98. The number of amides is 1. The molecule has 0 aromatic rings. The lowest BCUT2D eigenvalue weighted by molar-refractivity contribution is -0.121. The Morgan fingerprint density at radius 3 is 2.57 bits per heavy atom. The van der Waals surface area contributed by atoms with E-state index >= 15 is 0 Å². The van der Waals surface area contributed by atoms with Crippen LogP contribution in [0.2, 0.25) is 0 Å². The summed E-state index contributed by atoms with van der Waals surface area (Å²) < 4.78 is 0. The second-order valence-electron chi connectivity index (χ2n) is 3.59. The second kappa shape index (κ2) is 10.5. The molecule has 0 unspecified atom stereocenters. The molecule has 0 aliphatic rings. The molecule has 0 atom stereocenters. The smallest absolute Gasteiger partial charge is 0.219 e. The van der Waals surface area contributed by atoms with Gasteiger partial charge < -0.3 is 10.4 Å². The van der Waals surface area contributed by atoms with Gasteiger partial charge in [-0.05, 0) is 25.7 Å². The quantitative estimate of drug-likeness (QED) is 0.559. The van der Waals surface area contributed by atoms with E-state index in [1.807, 2.05) is 0 Å². The molecular formula is C11H23NO2. The monoisotopic (exact) mass is 201 g/mol. The van der Waals surface area contributed by atoms with Crippen molar-refractivity contribution in [2.45, 2.75) is 51.9 Å². The first-order chi connectivity index (χ1) is 6.81. The Balaban J connectivity index is 3.10. The number of aliphatic hydroxyl groups excluding tert-OH is 1. The molecule has 0 fully saturated rings. The summed E-state index contributed by atoms with van der Waals surface area (Å²) in [6.45, 7) is 3.14. The van der Waals surface area contributed by atoms with Gasteiger partial charge in [-0.15, -0.1) is 0 Å². The van der Waals surface area contributed by atoms with E-state index in [2.05, 4.69) is 12.2 Å². The van der Waals surface area contributed by atoms with E-state index in [1.165, 1.54) is 0 Å². The summed E-state index contributed by atoms with van der Waals surface area (Å²) in [5.74, 6) is 0.169. The van der Waals surface area contributed by atoms with Crippen LogP contribution in [0.1, 0.15) is 51.9 Å². The average molecular weight is 201 g/mol. The molecule has 0 saturated heterocycles. The molecule has 0 aromatic carbocycles. The molecule has 0 aromatic heterocycles. The van der Waals surface area contributed by atoms with Crippen LogP contribution in [0.3, 0.4) is 0 Å².